The number of nitrogens with zero attached hydrogens (tertiary/aromatic N) is 3. The summed E-state index contributed by atoms with van der Waals surface area (Å²) in [5.41, 5.74) is 2.96. The van der Waals surface area contributed by atoms with E-state index < -0.39 is 6.98 Å². The average molecular weight is 280 g/mol. The van der Waals surface area contributed by atoms with Gasteiger partial charge in [0.05, 0.1) is 5.69 Å². The van der Waals surface area contributed by atoms with E-state index in [1.54, 1.807) is 17.3 Å². The Hall–Kier alpha value is -2.49. The van der Waals surface area contributed by atoms with Crippen molar-refractivity contribution in [3.05, 3.63) is 61.5 Å². The van der Waals surface area contributed by atoms with Crippen LogP contribution in [0.15, 0.2) is 47.3 Å². The lowest BCUT2D eigenvalue weighted by Crippen LogP contribution is -2.26. The van der Waals surface area contributed by atoms with Crippen molar-refractivity contribution in [1.82, 2.24) is 9.88 Å². The fourth-order valence-corrected chi connectivity index (χ4v) is 2.68. The van der Waals surface area contributed by atoms with Gasteiger partial charge in [0.15, 0.2) is 11.7 Å². The van der Waals surface area contributed by atoms with Crippen molar-refractivity contribution < 1.29 is 8.53 Å². The van der Waals surface area contributed by atoms with E-state index in [2.05, 4.69) is 11.9 Å². The fraction of sp³-hybridized carbons (Fsp3) is 0.118. The van der Waals surface area contributed by atoms with Gasteiger partial charge in [-0.3, -0.25) is 0 Å². The topological polar surface area (TPSA) is 32.5 Å². The first-order chi connectivity index (χ1) is 11.4. The predicted octanol–water partition coefficient (Wildman–Crippen LogP) is 3.84. The molecule has 0 fully saturated rings. The second kappa shape index (κ2) is 4.25. The second-order valence-electron chi connectivity index (χ2n) is 5.02. The number of aryl methyl sites for hydroxylation is 1. The van der Waals surface area contributed by atoms with E-state index in [4.69, 9.17) is 8.53 Å². The van der Waals surface area contributed by atoms with E-state index in [1.165, 1.54) is 11.1 Å². The third kappa shape index (κ3) is 1.65. The highest BCUT2D eigenvalue weighted by atomic mass is 16.3. The first-order valence-corrected chi connectivity index (χ1v) is 6.60. The molecule has 3 heterocycles. The quantitative estimate of drug-likeness (QED) is 0.678. The molecule has 0 unspecified atom stereocenters. The van der Waals surface area contributed by atoms with E-state index in [-0.39, 0.29) is 0 Å². The second-order valence-corrected chi connectivity index (χ2v) is 5.02. The minimum Gasteiger partial charge on any atom is -0.435 e. The summed E-state index contributed by atoms with van der Waals surface area (Å²) in [6, 6.07) is 7.79. The summed E-state index contributed by atoms with van der Waals surface area (Å²) in [6.07, 6.45) is 5.24. The molecule has 0 aliphatic carbocycles. The van der Waals surface area contributed by atoms with Crippen LogP contribution in [0.1, 0.15) is 9.68 Å². The molecule has 0 spiro atoms. The lowest BCUT2D eigenvalue weighted by molar-refractivity contribution is 0.517. The molecule has 0 saturated heterocycles. The van der Waals surface area contributed by atoms with Gasteiger partial charge in [-0.05, 0) is 31.5 Å². The highest BCUT2D eigenvalue weighted by molar-refractivity contribution is 6.08. The summed E-state index contributed by atoms with van der Waals surface area (Å²) in [4.78, 5) is 7.18. The standard InChI is InChI=1S/C17H15N3O/c1-11-6-7-13-14-5-4-8-18-17(14)21-16(13)15(11)20-10-9-19(3)12(20)2/h4-10H,2H2,1,3H3/i3D3. The summed E-state index contributed by atoms with van der Waals surface area (Å²) in [7, 11) is 0. The molecule has 1 aliphatic rings. The smallest absolute Gasteiger partial charge is 0.227 e. The van der Waals surface area contributed by atoms with Crippen LogP contribution >= 0.6 is 0 Å². The van der Waals surface area contributed by atoms with Gasteiger partial charge in [-0.25, -0.2) is 4.98 Å². The van der Waals surface area contributed by atoms with Gasteiger partial charge in [0.2, 0.25) is 5.71 Å². The first kappa shape index (κ1) is 9.45. The number of furan rings is 1. The van der Waals surface area contributed by atoms with Gasteiger partial charge in [0.1, 0.15) is 0 Å². The maximum absolute atomic E-state index is 7.60. The van der Waals surface area contributed by atoms with Crippen molar-refractivity contribution in [3.63, 3.8) is 0 Å². The molecule has 0 saturated carbocycles. The third-order valence-electron chi connectivity index (χ3n) is 3.76. The molecule has 1 aliphatic heterocycles. The zero-order chi connectivity index (χ0) is 17.1. The highest BCUT2D eigenvalue weighted by Crippen LogP contribution is 2.40. The molecule has 2 radical (unpaired) electrons. The molecule has 4 nitrogen and oxygen atoms in total. The molecule has 3 aromatic rings. The van der Waals surface area contributed by atoms with Crippen LogP contribution in [0.2, 0.25) is 0 Å². The highest BCUT2D eigenvalue weighted by Gasteiger charge is 2.26. The number of fused-ring (bicyclic) bond motifs is 3. The molecule has 4 heteroatoms. The van der Waals surface area contributed by atoms with E-state index in [9.17, 15) is 0 Å². The Labute approximate surface area is 127 Å². The van der Waals surface area contributed by atoms with Crippen LogP contribution in [0.3, 0.4) is 0 Å². The Balaban J connectivity index is 1.91. The Morgan fingerprint density at radius 2 is 2.14 bits per heavy atom. The van der Waals surface area contributed by atoms with Crippen molar-refractivity contribution >= 4 is 27.8 Å². The maximum atomic E-state index is 7.60. The number of benzene rings is 1. The molecule has 21 heavy (non-hydrogen) atoms. The Bertz CT molecular complexity index is 961. The van der Waals surface area contributed by atoms with Crippen LogP contribution in [-0.2, 0) is 0 Å². The number of aromatic nitrogens is 1. The number of hydrogen-bond donors (Lipinski definition) is 0. The lowest BCUT2D eigenvalue weighted by atomic mass is 10.1. The molecule has 104 valence electrons. The summed E-state index contributed by atoms with van der Waals surface area (Å²) in [5.74, 6) is 0. The lowest BCUT2D eigenvalue weighted by Gasteiger charge is -2.26. The molecule has 0 atom stereocenters. The van der Waals surface area contributed by atoms with Gasteiger partial charge < -0.3 is 14.2 Å². The third-order valence-corrected chi connectivity index (χ3v) is 3.76. The van der Waals surface area contributed by atoms with Crippen molar-refractivity contribution in [2.45, 2.75) is 6.92 Å². The molecular formula is C17H15N3O. The molecule has 1 aromatic carbocycles. The van der Waals surface area contributed by atoms with E-state index in [0.717, 1.165) is 22.0 Å². The Morgan fingerprint density at radius 3 is 2.95 bits per heavy atom. The largest absolute Gasteiger partial charge is 0.435 e. The molecule has 0 bridgehead atoms. The van der Waals surface area contributed by atoms with E-state index in [1.807, 2.05) is 31.2 Å². The minimum atomic E-state index is -2.28. The molecule has 0 N–H and O–H groups in total. The maximum Gasteiger partial charge on any atom is 0.227 e. The summed E-state index contributed by atoms with van der Waals surface area (Å²) < 4.78 is 28.8. The van der Waals surface area contributed by atoms with Crippen molar-refractivity contribution in [1.29, 1.82) is 0 Å². The fourth-order valence-electron chi connectivity index (χ4n) is 2.68. The van der Waals surface area contributed by atoms with Crippen LogP contribution in [0, 0.1) is 20.0 Å². The first-order valence-electron chi connectivity index (χ1n) is 8.10. The van der Waals surface area contributed by atoms with E-state index >= 15 is 0 Å². The number of anilines is 1. The van der Waals surface area contributed by atoms with Crippen molar-refractivity contribution in [2.75, 3.05) is 11.9 Å². The van der Waals surface area contributed by atoms with Crippen molar-refractivity contribution in [3.8, 4) is 0 Å². The minimum absolute atomic E-state index is 0.360. The molecule has 4 rings (SSSR count). The molecule has 0 amide bonds. The van der Waals surface area contributed by atoms with E-state index in [0.29, 0.717) is 17.5 Å². The van der Waals surface area contributed by atoms with Crippen LogP contribution in [0.25, 0.3) is 22.1 Å². The predicted molar refractivity (Wildman–Crippen MR) is 84.2 cm³/mol. The van der Waals surface area contributed by atoms with Crippen LogP contribution in [-0.4, -0.2) is 16.9 Å². The summed E-state index contributed by atoms with van der Waals surface area (Å²) in [6.45, 7) is 3.61. The Kier molecular flexibility index (Phi) is 1.91. The van der Waals surface area contributed by atoms with Gasteiger partial charge in [0, 0.05) is 40.5 Å². The van der Waals surface area contributed by atoms with Crippen molar-refractivity contribution in [2.24, 2.45) is 0 Å². The zero-order valence-corrected chi connectivity index (χ0v) is 11.5. The SMILES string of the molecule is [2H]C([2H])([2H])N1C=CN(c2c(C)ccc3c2oc2ncccc23)[C]1[CH2]. The summed E-state index contributed by atoms with van der Waals surface area (Å²) >= 11 is 0. The van der Waals surface area contributed by atoms with Gasteiger partial charge in [-0.2, -0.15) is 0 Å². The number of rotatable bonds is 1. The van der Waals surface area contributed by atoms with Gasteiger partial charge in [-0.1, -0.05) is 12.1 Å². The normalized spacial score (nSPS) is 18.5. The monoisotopic (exact) mass is 280 g/mol. The molecule has 2 aromatic heterocycles. The van der Waals surface area contributed by atoms with Crippen LogP contribution < -0.4 is 4.90 Å². The van der Waals surface area contributed by atoms with Gasteiger partial charge in [0.25, 0.3) is 0 Å². The molecular weight excluding hydrogens is 262 g/mol. The number of pyridine rings is 1. The van der Waals surface area contributed by atoms with Gasteiger partial charge in [-0.15, -0.1) is 0 Å². The number of hydrogen-bond acceptors (Lipinski definition) is 4. The average Bonchev–Trinajstić information content (AvgIpc) is 3.07. The van der Waals surface area contributed by atoms with Crippen LogP contribution in [0.4, 0.5) is 5.69 Å². The summed E-state index contributed by atoms with van der Waals surface area (Å²) in [5, 5.41) is 1.86. The Morgan fingerprint density at radius 1 is 1.24 bits per heavy atom. The van der Waals surface area contributed by atoms with Crippen LogP contribution in [0.5, 0.6) is 0 Å². The zero-order valence-electron chi connectivity index (χ0n) is 14.5. The van der Waals surface area contributed by atoms with Gasteiger partial charge >= 0.3 is 0 Å².